The molecule has 0 fully saturated rings. The highest BCUT2D eigenvalue weighted by Gasteiger charge is 2.72. The van der Waals surface area contributed by atoms with Crippen LogP contribution in [0.1, 0.15) is 11.1 Å². The molecule has 0 radical (unpaired) electrons. The molecule has 0 bridgehead atoms. The second-order valence-corrected chi connectivity index (χ2v) is 6.58. The first kappa shape index (κ1) is 18.3. The molecule has 0 unspecified atom stereocenters. The Labute approximate surface area is 144 Å². The summed E-state index contributed by atoms with van der Waals surface area (Å²) < 4.78 is 82.8. The zero-order chi connectivity index (χ0) is 17.5. The number of benzene rings is 2. The molecule has 0 aliphatic rings. The van der Waals surface area contributed by atoms with Gasteiger partial charge in [-0.2, -0.15) is 22.0 Å². The highest BCUT2D eigenvalue weighted by Crippen LogP contribution is 2.54. The van der Waals surface area contributed by atoms with E-state index in [0.717, 1.165) is 24.3 Å². The van der Waals surface area contributed by atoms with E-state index in [1.165, 1.54) is 24.3 Å². The van der Waals surface area contributed by atoms with E-state index in [2.05, 4.69) is 31.9 Å². The van der Waals surface area contributed by atoms with E-state index in [9.17, 15) is 22.0 Å². The minimum absolute atomic E-state index is 0.426. The summed E-state index contributed by atoms with van der Waals surface area (Å²) in [6, 6.07) is 8.39. The standard InChI is InChI=1S/C15H8Br2F6/c16-11-5-1-9(2-6-11)13(18,14(19,20)15(21,22)23)10-3-7-12(17)8-4-10/h1-8H. The quantitative estimate of drug-likeness (QED) is 0.450. The first-order chi connectivity index (χ1) is 10.5. The van der Waals surface area contributed by atoms with Crippen molar-refractivity contribution in [2.75, 3.05) is 0 Å². The first-order valence-electron chi connectivity index (χ1n) is 6.15. The fourth-order valence-corrected chi connectivity index (χ4v) is 2.61. The normalized spacial score (nSPS) is 13.2. The van der Waals surface area contributed by atoms with Gasteiger partial charge in [0, 0.05) is 20.1 Å². The molecule has 0 atom stereocenters. The van der Waals surface area contributed by atoms with Gasteiger partial charge in [0.2, 0.25) is 5.67 Å². The molecule has 0 heterocycles. The molecule has 0 amide bonds. The Morgan fingerprint density at radius 1 is 0.565 bits per heavy atom. The van der Waals surface area contributed by atoms with Crippen molar-refractivity contribution in [3.05, 3.63) is 68.6 Å². The topological polar surface area (TPSA) is 0 Å². The Morgan fingerprint density at radius 3 is 1.13 bits per heavy atom. The Kier molecular flexibility index (Phi) is 4.88. The Morgan fingerprint density at radius 2 is 0.870 bits per heavy atom. The Bertz CT molecular complexity index is 631. The van der Waals surface area contributed by atoms with Crippen molar-refractivity contribution >= 4 is 31.9 Å². The molecule has 2 aromatic carbocycles. The van der Waals surface area contributed by atoms with Gasteiger partial charge in [-0.1, -0.05) is 56.1 Å². The van der Waals surface area contributed by atoms with Crippen molar-refractivity contribution in [1.29, 1.82) is 0 Å². The van der Waals surface area contributed by atoms with Crippen LogP contribution in [0.2, 0.25) is 0 Å². The fraction of sp³-hybridized carbons (Fsp3) is 0.200. The summed E-state index contributed by atoms with van der Waals surface area (Å²) in [5.74, 6) is -5.61. The molecule has 0 saturated heterocycles. The molecule has 0 nitrogen and oxygen atoms in total. The lowest BCUT2D eigenvalue weighted by Gasteiger charge is -2.35. The summed E-state index contributed by atoms with van der Waals surface area (Å²) in [5.41, 5.74) is -5.62. The minimum atomic E-state index is -6.05. The Hall–Kier alpha value is -1.02. The highest BCUT2D eigenvalue weighted by atomic mass is 79.9. The molecule has 124 valence electrons. The van der Waals surface area contributed by atoms with Crippen molar-refractivity contribution in [2.45, 2.75) is 17.8 Å². The highest BCUT2D eigenvalue weighted by molar-refractivity contribution is 9.10. The zero-order valence-electron chi connectivity index (χ0n) is 11.1. The summed E-state index contributed by atoms with van der Waals surface area (Å²) in [6.45, 7) is 0. The van der Waals surface area contributed by atoms with Crippen LogP contribution >= 0.6 is 31.9 Å². The van der Waals surface area contributed by atoms with Crippen LogP contribution in [0.25, 0.3) is 0 Å². The number of hydrogen-bond donors (Lipinski definition) is 0. The predicted octanol–water partition coefficient (Wildman–Crippen LogP) is 6.62. The molecule has 0 aliphatic carbocycles. The maximum absolute atomic E-state index is 15.3. The van der Waals surface area contributed by atoms with E-state index in [0.29, 0.717) is 8.95 Å². The van der Waals surface area contributed by atoms with Crippen molar-refractivity contribution < 1.29 is 26.3 Å². The zero-order valence-corrected chi connectivity index (χ0v) is 14.3. The largest absolute Gasteiger partial charge is 0.457 e. The van der Waals surface area contributed by atoms with Crippen LogP contribution in [0, 0.1) is 0 Å². The van der Waals surface area contributed by atoms with Crippen molar-refractivity contribution in [3.8, 4) is 0 Å². The number of halogens is 8. The van der Waals surface area contributed by atoms with E-state index < -0.39 is 28.9 Å². The second-order valence-electron chi connectivity index (χ2n) is 4.74. The van der Waals surface area contributed by atoms with Crippen molar-refractivity contribution in [2.24, 2.45) is 0 Å². The summed E-state index contributed by atoms with van der Waals surface area (Å²) in [5, 5.41) is 0. The smallest absolute Gasteiger partial charge is 0.226 e. The van der Waals surface area contributed by atoms with Crippen LogP contribution < -0.4 is 0 Å². The molecule has 2 aromatic rings. The van der Waals surface area contributed by atoms with Crippen molar-refractivity contribution in [3.63, 3.8) is 0 Å². The van der Waals surface area contributed by atoms with Crippen molar-refractivity contribution in [1.82, 2.24) is 0 Å². The number of alkyl halides is 6. The predicted molar refractivity (Wildman–Crippen MR) is 81.2 cm³/mol. The number of hydrogen-bond acceptors (Lipinski definition) is 0. The molecule has 23 heavy (non-hydrogen) atoms. The third-order valence-electron chi connectivity index (χ3n) is 3.27. The monoisotopic (exact) mass is 460 g/mol. The van der Waals surface area contributed by atoms with Crippen LogP contribution in [0.5, 0.6) is 0 Å². The maximum Gasteiger partial charge on any atom is 0.457 e. The summed E-state index contributed by atoms with van der Waals surface area (Å²) in [4.78, 5) is 0. The van der Waals surface area contributed by atoms with Gasteiger partial charge in [0.05, 0.1) is 0 Å². The van der Waals surface area contributed by atoms with Gasteiger partial charge in [-0.05, 0) is 24.3 Å². The van der Waals surface area contributed by atoms with E-state index in [-0.39, 0.29) is 0 Å². The average molecular weight is 462 g/mol. The second kappa shape index (κ2) is 6.12. The maximum atomic E-state index is 15.3. The van der Waals surface area contributed by atoms with Gasteiger partial charge in [0.1, 0.15) is 0 Å². The first-order valence-corrected chi connectivity index (χ1v) is 7.74. The third kappa shape index (κ3) is 3.15. The lowest BCUT2D eigenvalue weighted by Crippen LogP contribution is -2.53. The third-order valence-corrected chi connectivity index (χ3v) is 4.33. The van der Waals surface area contributed by atoms with E-state index in [1.54, 1.807) is 0 Å². The molecular weight excluding hydrogens is 454 g/mol. The molecular formula is C15H8Br2F6. The van der Waals surface area contributed by atoms with Crippen LogP contribution in [0.15, 0.2) is 57.5 Å². The van der Waals surface area contributed by atoms with Gasteiger partial charge in [-0.3, -0.25) is 0 Å². The van der Waals surface area contributed by atoms with Crippen LogP contribution in [-0.4, -0.2) is 12.1 Å². The van der Waals surface area contributed by atoms with E-state index in [4.69, 9.17) is 0 Å². The molecule has 0 N–H and O–H groups in total. The number of rotatable bonds is 3. The lowest BCUT2D eigenvalue weighted by molar-refractivity contribution is -0.323. The van der Waals surface area contributed by atoms with Gasteiger partial charge in [0.25, 0.3) is 0 Å². The average Bonchev–Trinajstić information content (AvgIpc) is 2.46. The Balaban J connectivity index is 2.73. The molecule has 0 saturated carbocycles. The fourth-order valence-electron chi connectivity index (χ4n) is 2.08. The van der Waals surface area contributed by atoms with Gasteiger partial charge in [-0.15, -0.1) is 0 Å². The molecule has 2 rings (SSSR count). The SMILES string of the molecule is FC(F)(F)C(F)(F)C(F)(c1ccc(Br)cc1)c1ccc(Br)cc1. The lowest BCUT2D eigenvalue weighted by atomic mass is 9.82. The molecule has 0 spiro atoms. The van der Waals surface area contributed by atoms with E-state index >= 15 is 4.39 Å². The van der Waals surface area contributed by atoms with Crippen LogP contribution in [0.4, 0.5) is 26.3 Å². The summed E-state index contributed by atoms with van der Waals surface area (Å²) in [7, 11) is 0. The van der Waals surface area contributed by atoms with Crippen LogP contribution in [0.3, 0.4) is 0 Å². The van der Waals surface area contributed by atoms with Crippen LogP contribution in [-0.2, 0) is 5.67 Å². The molecule has 8 heteroatoms. The minimum Gasteiger partial charge on any atom is -0.226 e. The van der Waals surface area contributed by atoms with E-state index in [1.807, 2.05) is 0 Å². The molecule has 0 aromatic heterocycles. The van der Waals surface area contributed by atoms with Gasteiger partial charge in [0.15, 0.2) is 0 Å². The summed E-state index contributed by atoms with van der Waals surface area (Å²) in [6.07, 6.45) is -6.05. The van der Waals surface area contributed by atoms with Gasteiger partial charge < -0.3 is 0 Å². The van der Waals surface area contributed by atoms with Gasteiger partial charge in [-0.25, -0.2) is 4.39 Å². The van der Waals surface area contributed by atoms with Gasteiger partial charge >= 0.3 is 12.1 Å². The summed E-state index contributed by atoms with van der Waals surface area (Å²) >= 11 is 6.06. The molecule has 0 aliphatic heterocycles.